The molecule has 172 valence electrons. The second-order valence-electron chi connectivity index (χ2n) is 9.53. The number of fused-ring (bicyclic) bond motifs is 3. The minimum Gasteiger partial charge on any atom is -0.508 e. The molecule has 2 fully saturated rings. The summed E-state index contributed by atoms with van der Waals surface area (Å²) < 4.78 is 20.5. The Morgan fingerprint density at radius 2 is 2.09 bits per heavy atom. The van der Waals surface area contributed by atoms with Crippen LogP contribution in [-0.2, 0) is 4.79 Å². The summed E-state index contributed by atoms with van der Waals surface area (Å²) >= 11 is 8.05. The summed E-state index contributed by atoms with van der Waals surface area (Å²) in [6, 6.07) is 12.7. The maximum absolute atomic E-state index is 16.0. The summed E-state index contributed by atoms with van der Waals surface area (Å²) in [4.78, 5) is 15.1. The number of rotatable bonds is 3. The highest BCUT2D eigenvalue weighted by Gasteiger charge is 2.59. The van der Waals surface area contributed by atoms with Gasteiger partial charge in [0.05, 0.1) is 5.02 Å². The summed E-state index contributed by atoms with van der Waals surface area (Å²) in [6.07, 6.45) is 3.19. The van der Waals surface area contributed by atoms with Gasteiger partial charge in [0.2, 0.25) is 5.91 Å². The van der Waals surface area contributed by atoms with E-state index in [0.29, 0.717) is 22.6 Å². The molecule has 3 aromatic carbocycles. The van der Waals surface area contributed by atoms with Gasteiger partial charge in [0.1, 0.15) is 11.3 Å². The summed E-state index contributed by atoms with van der Waals surface area (Å²) in [7, 11) is 0. The maximum atomic E-state index is 16.0. The molecule has 1 aromatic heterocycles. The van der Waals surface area contributed by atoms with Gasteiger partial charge in [0.15, 0.2) is 5.82 Å². The quantitative estimate of drug-likeness (QED) is 0.317. The minimum atomic E-state index is -0.475. The molecule has 4 nitrogen and oxygen atoms in total. The molecule has 6 rings (SSSR count). The fraction of sp³-hybridized carbons (Fsp3) is 0.259. The van der Waals surface area contributed by atoms with Crippen LogP contribution in [0.15, 0.2) is 55.1 Å². The molecule has 1 unspecified atom stereocenters. The third-order valence-corrected chi connectivity index (χ3v) is 9.03. The van der Waals surface area contributed by atoms with E-state index in [1.807, 2.05) is 35.2 Å². The van der Waals surface area contributed by atoms with Crippen LogP contribution in [0.5, 0.6) is 5.75 Å². The molecular formula is C27H22ClFN2O2S. The maximum Gasteiger partial charge on any atom is 0.246 e. The second-order valence-corrected chi connectivity index (χ2v) is 10.7. The molecule has 4 aromatic rings. The lowest BCUT2D eigenvalue weighted by Gasteiger charge is -2.54. The molecule has 7 heteroatoms. The largest absolute Gasteiger partial charge is 0.508 e. The first-order valence-corrected chi connectivity index (χ1v) is 12.4. The van der Waals surface area contributed by atoms with Crippen molar-refractivity contribution in [1.82, 2.24) is 9.27 Å². The molecule has 0 spiro atoms. The first-order chi connectivity index (χ1) is 16.3. The van der Waals surface area contributed by atoms with Crippen LogP contribution in [0, 0.1) is 11.2 Å². The molecule has 34 heavy (non-hydrogen) atoms. The molecule has 1 aliphatic carbocycles. The molecule has 1 amide bonds. The Bertz CT molecular complexity index is 1520. The van der Waals surface area contributed by atoms with E-state index in [1.54, 1.807) is 12.1 Å². The Morgan fingerprint density at radius 3 is 2.88 bits per heavy atom. The van der Waals surface area contributed by atoms with Crippen molar-refractivity contribution < 1.29 is 14.3 Å². The van der Waals surface area contributed by atoms with Crippen LogP contribution in [0.1, 0.15) is 30.6 Å². The van der Waals surface area contributed by atoms with Crippen molar-refractivity contribution in [1.29, 1.82) is 0 Å². The molecular weight excluding hydrogens is 471 g/mol. The third-order valence-electron chi connectivity index (χ3n) is 7.76. The fourth-order valence-corrected chi connectivity index (χ4v) is 7.55. The van der Waals surface area contributed by atoms with E-state index >= 15 is 4.39 Å². The lowest BCUT2D eigenvalue weighted by molar-refractivity contribution is -0.144. The zero-order valence-corrected chi connectivity index (χ0v) is 20.1. The first kappa shape index (κ1) is 21.6. The number of nitrogens with zero attached hydrogens (tertiary/aromatic N) is 2. The van der Waals surface area contributed by atoms with Crippen molar-refractivity contribution in [3.63, 3.8) is 0 Å². The van der Waals surface area contributed by atoms with Crippen LogP contribution in [0.4, 0.5) is 4.39 Å². The van der Waals surface area contributed by atoms with E-state index in [0.717, 1.165) is 33.9 Å². The highest BCUT2D eigenvalue weighted by Crippen LogP contribution is 2.59. The van der Waals surface area contributed by atoms with Gasteiger partial charge < -0.3 is 10.0 Å². The monoisotopic (exact) mass is 492 g/mol. The van der Waals surface area contributed by atoms with Crippen LogP contribution < -0.4 is 0 Å². The van der Waals surface area contributed by atoms with E-state index in [1.165, 1.54) is 17.6 Å². The number of carbonyl (C=O) groups is 1. The van der Waals surface area contributed by atoms with Gasteiger partial charge in [-0.15, -0.1) is 0 Å². The van der Waals surface area contributed by atoms with Gasteiger partial charge in [-0.1, -0.05) is 49.4 Å². The highest BCUT2D eigenvalue weighted by molar-refractivity contribution is 7.07. The van der Waals surface area contributed by atoms with E-state index in [-0.39, 0.29) is 34.6 Å². The zero-order chi connectivity index (χ0) is 23.8. The Balaban J connectivity index is 1.47. The van der Waals surface area contributed by atoms with E-state index < -0.39 is 5.82 Å². The fourth-order valence-electron chi connectivity index (χ4n) is 6.12. The van der Waals surface area contributed by atoms with E-state index in [2.05, 4.69) is 17.9 Å². The molecule has 1 N–H and O–H groups in total. The lowest BCUT2D eigenvalue weighted by atomic mass is 9.69. The predicted octanol–water partition coefficient (Wildman–Crippen LogP) is 6.90. The van der Waals surface area contributed by atoms with Crippen LogP contribution >= 0.6 is 23.1 Å². The smallest absolute Gasteiger partial charge is 0.246 e. The summed E-state index contributed by atoms with van der Waals surface area (Å²) in [5.41, 5.74) is 1.03. The lowest BCUT2D eigenvalue weighted by Crippen LogP contribution is -2.63. The number of amides is 1. The Kier molecular flexibility index (Phi) is 4.77. The second kappa shape index (κ2) is 7.52. The zero-order valence-electron chi connectivity index (χ0n) is 18.5. The Morgan fingerprint density at radius 1 is 1.29 bits per heavy atom. The number of likely N-dealkylation sites (tertiary alicyclic amines) is 1. The van der Waals surface area contributed by atoms with Crippen LogP contribution in [0.25, 0.3) is 32.8 Å². The van der Waals surface area contributed by atoms with Gasteiger partial charge in [-0.3, -0.25) is 4.79 Å². The van der Waals surface area contributed by atoms with Crippen molar-refractivity contribution in [2.75, 3.05) is 6.54 Å². The Labute approximate surface area is 205 Å². The molecule has 1 saturated heterocycles. The highest BCUT2D eigenvalue weighted by atomic mass is 35.5. The van der Waals surface area contributed by atoms with Gasteiger partial charge in [-0.25, -0.2) is 4.39 Å². The van der Waals surface area contributed by atoms with Gasteiger partial charge in [0.25, 0.3) is 0 Å². The first-order valence-electron chi connectivity index (χ1n) is 11.3. The summed E-state index contributed by atoms with van der Waals surface area (Å²) in [6.45, 7) is 6.49. The molecule has 1 saturated carbocycles. The van der Waals surface area contributed by atoms with Crippen LogP contribution in [-0.4, -0.2) is 32.9 Å². The molecule has 3 atom stereocenters. The van der Waals surface area contributed by atoms with Crippen molar-refractivity contribution in [2.24, 2.45) is 5.41 Å². The number of aromatic nitrogens is 1. The van der Waals surface area contributed by atoms with Gasteiger partial charge in [-0.2, -0.15) is 4.37 Å². The molecule has 2 aliphatic rings. The van der Waals surface area contributed by atoms with Gasteiger partial charge in [0, 0.05) is 39.7 Å². The summed E-state index contributed by atoms with van der Waals surface area (Å²) in [5.74, 6) is -0.270. The van der Waals surface area contributed by atoms with Crippen molar-refractivity contribution in [3.8, 4) is 16.9 Å². The number of phenolic OH excluding ortho intramolecular Hbond substituents is 1. The normalized spacial score (nSPS) is 23.8. The molecule has 2 heterocycles. The average Bonchev–Trinajstić information content (AvgIpc) is 3.33. The number of hydrogen-bond acceptors (Lipinski definition) is 4. The Hall–Kier alpha value is -2.96. The predicted molar refractivity (Wildman–Crippen MR) is 135 cm³/mol. The minimum absolute atomic E-state index is 0.0330. The van der Waals surface area contributed by atoms with E-state index in [9.17, 15) is 9.90 Å². The molecule has 0 bridgehead atoms. The van der Waals surface area contributed by atoms with Crippen molar-refractivity contribution in [2.45, 2.75) is 31.7 Å². The SMILES string of the molecule is C=CC(=O)N1C[C@]2(C)C(c3snc4c(F)c(-c5cc(O)cc6ccccc56)c(Cl)cc34)CC[C@H]12. The number of halogens is 2. The van der Waals surface area contributed by atoms with Crippen molar-refractivity contribution >= 4 is 50.7 Å². The van der Waals surface area contributed by atoms with Crippen LogP contribution in [0.3, 0.4) is 0 Å². The van der Waals surface area contributed by atoms with Gasteiger partial charge >= 0.3 is 0 Å². The van der Waals surface area contributed by atoms with Crippen molar-refractivity contribution in [3.05, 3.63) is 70.8 Å². The number of phenols is 1. The standard InChI is InChI=1S/C27H22ClFN2O2S/c1-3-22(33)31-13-27(2)19(8-9-21(27)31)26-18-12-20(28)23(24(29)25(18)30-34-26)17-11-15(32)10-14-6-4-5-7-16(14)17/h3-7,10-12,19,21,32H,1,8-9,13H2,2H3/t19?,21-,27+/m0/s1. The van der Waals surface area contributed by atoms with E-state index in [4.69, 9.17) is 11.6 Å². The third kappa shape index (κ3) is 2.88. The molecule has 1 aliphatic heterocycles. The van der Waals surface area contributed by atoms with Gasteiger partial charge in [-0.05, 0) is 65.0 Å². The number of hydrogen-bond donors (Lipinski definition) is 1. The number of carbonyl (C=O) groups excluding carboxylic acids is 1. The number of aromatic hydroxyl groups is 1. The topological polar surface area (TPSA) is 53.4 Å². The number of benzene rings is 3. The van der Waals surface area contributed by atoms with Crippen LogP contribution in [0.2, 0.25) is 5.02 Å². The molecule has 0 radical (unpaired) electrons. The average molecular weight is 493 g/mol. The summed E-state index contributed by atoms with van der Waals surface area (Å²) in [5, 5.41) is 12.9.